The van der Waals surface area contributed by atoms with Gasteiger partial charge in [0, 0.05) is 0 Å². The summed E-state index contributed by atoms with van der Waals surface area (Å²) in [7, 11) is 0. The highest BCUT2D eigenvalue weighted by Crippen LogP contribution is 2.25. The van der Waals surface area contributed by atoms with Crippen molar-refractivity contribution in [3.05, 3.63) is 66.7 Å². The minimum absolute atomic E-state index is 0.0399. The summed E-state index contributed by atoms with van der Waals surface area (Å²) in [6.45, 7) is -2.06. The Morgan fingerprint density at radius 1 is 0.967 bits per heavy atom. The third-order valence-electron chi connectivity index (χ3n) is 4.12. The highest BCUT2D eigenvalue weighted by atomic mass is 19.3. The quantitative estimate of drug-likeness (QED) is 0.553. The summed E-state index contributed by atoms with van der Waals surface area (Å²) in [4.78, 5) is 24.2. The monoisotopic (exact) mass is 415 g/mol. The van der Waals surface area contributed by atoms with Crippen LogP contribution in [-0.4, -0.2) is 31.2 Å². The molecule has 0 fully saturated rings. The number of carbonyl (C=O) groups excluding carboxylic acids is 2. The van der Waals surface area contributed by atoms with Crippen LogP contribution in [0.3, 0.4) is 0 Å². The fraction of sp³-hybridized carbons (Fsp3) is 0.182. The number of hydrogen-bond donors (Lipinski definition) is 1. The number of benzene rings is 3. The Bertz CT molecular complexity index is 1040. The maximum absolute atomic E-state index is 12.5. The summed E-state index contributed by atoms with van der Waals surface area (Å²) in [5.74, 6) is -1.15. The maximum Gasteiger partial charge on any atom is 0.387 e. The van der Waals surface area contributed by atoms with Gasteiger partial charge in [0.25, 0.3) is 5.91 Å². The predicted molar refractivity (Wildman–Crippen MR) is 107 cm³/mol. The normalized spacial score (nSPS) is 11.7. The first-order chi connectivity index (χ1) is 14.4. The van der Waals surface area contributed by atoms with E-state index < -0.39 is 24.6 Å². The summed E-state index contributed by atoms with van der Waals surface area (Å²) < 4.78 is 39.7. The van der Waals surface area contributed by atoms with Crippen LogP contribution in [0.15, 0.2) is 66.7 Å². The molecule has 3 aromatic carbocycles. The van der Waals surface area contributed by atoms with E-state index in [1.807, 2.05) is 30.3 Å². The lowest BCUT2D eigenvalue weighted by Gasteiger charge is -2.16. The van der Waals surface area contributed by atoms with Crippen molar-refractivity contribution in [3.63, 3.8) is 0 Å². The first-order valence-electron chi connectivity index (χ1n) is 9.08. The lowest BCUT2D eigenvalue weighted by atomic mass is 10.1. The minimum atomic E-state index is -3.04. The molecule has 1 atom stereocenters. The van der Waals surface area contributed by atoms with E-state index in [0.29, 0.717) is 5.75 Å². The fourth-order valence-corrected chi connectivity index (χ4v) is 2.69. The Labute approximate surface area is 171 Å². The number of anilines is 1. The summed E-state index contributed by atoms with van der Waals surface area (Å²) in [5.41, 5.74) is 0.0399. The van der Waals surface area contributed by atoms with E-state index in [1.54, 1.807) is 18.2 Å². The Morgan fingerprint density at radius 3 is 2.43 bits per heavy atom. The number of hydrogen-bond acceptors (Lipinski definition) is 5. The topological polar surface area (TPSA) is 73.9 Å². The summed E-state index contributed by atoms with van der Waals surface area (Å²) in [5, 5.41) is 4.39. The van der Waals surface area contributed by atoms with E-state index in [1.165, 1.54) is 25.1 Å². The second-order valence-corrected chi connectivity index (χ2v) is 6.29. The zero-order valence-electron chi connectivity index (χ0n) is 16.0. The average molecular weight is 415 g/mol. The van der Waals surface area contributed by atoms with Crippen LogP contribution in [0.4, 0.5) is 14.5 Å². The molecule has 0 aliphatic heterocycles. The van der Waals surface area contributed by atoms with Crippen LogP contribution in [0, 0.1) is 0 Å². The molecule has 1 N–H and O–H groups in total. The van der Waals surface area contributed by atoms with Crippen molar-refractivity contribution >= 4 is 28.3 Å². The molecule has 8 heteroatoms. The SMILES string of the molecule is CC(OC(=O)COc1ccc2ccccc2c1)C(=O)Nc1ccccc1OC(F)F. The largest absolute Gasteiger partial charge is 0.482 e. The van der Waals surface area contributed by atoms with Gasteiger partial charge in [-0.3, -0.25) is 4.79 Å². The number of para-hydroxylation sites is 2. The van der Waals surface area contributed by atoms with Gasteiger partial charge in [0.05, 0.1) is 5.69 Å². The van der Waals surface area contributed by atoms with E-state index in [9.17, 15) is 18.4 Å². The van der Waals surface area contributed by atoms with Crippen molar-refractivity contribution in [2.24, 2.45) is 0 Å². The highest BCUT2D eigenvalue weighted by Gasteiger charge is 2.20. The van der Waals surface area contributed by atoms with Gasteiger partial charge in [-0.2, -0.15) is 8.78 Å². The first-order valence-corrected chi connectivity index (χ1v) is 9.08. The lowest BCUT2D eigenvalue weighted by Crippen LogP contribution is -2.31. The molecule has 3 aromatic rings. The average Bonchev–Trinajstić information content (AvgIpc) is 2.73. The second kappa shape index (κ2) is 9.69. The highest BCUT2D eigenvalue weighted by molar-refractivity contribution is 5.96. The lowest BCUT2D eigenvalue weighted by molar-refractivity contribution is -0.155. The molecule has 1 unspecified atom stereocenters. The molecule has 0 spiro atoms. The van der Waals surface area contributed by atoms with Crippen LogP contribution in [0.2, 0.25) is 0 Å². The molecule has 1 amide bonds. The smallest absolute Gasteiger partial charge is 0.387 e. The fourth-order valence-electron chi connectivity index (χ4n) is 2.69. The van der Waals surface area contributed by atoms with Gasteiger partial charge in [0.1, 0.15) is 11.5 Å². The van der Waals surface area contributed by atoms with Gasteiger partial charge in [-0.25, -0.2) is 4.79 Å². The number of fused-ring (bicyclic) bond motifs is 1. The molecule has 0 bridgehead atoms. The molecule has 0 radical (unpaired) electrons. The van der Waals surface area contributed by atoms with Crippen LogP contribution in [0.25, 0.3) is 10.8 Å². The van der Waals surface area contributed by atoms with E-state index in [0.717, 1.165) is 10.8 Å². The van der Waals surface area contributed by atoms with Crippen LogP contribution < -0.4 is 14.8 Å². The third-order valence-corrected chi connectivity index (χ3v) is 4.12. The van der Waals surface area contributed by atoms with Crippen molar-refractivity contribution in [1.29, 1.82) is 0 Å². The summed E-state index contributed by atoms with van der Waals surface area (Å²) >= 11 is 0. The second-order valence-electron chi connectivity index (χ2n) is 6.29. The Morgan fingerprint density at radius 2 is 1.67 bits per heavy atom. The molecule has 0 heterocycles. The van der Waals surface area contributed by atoms with Crippen LogP contribution in [0.5, 0.6) is 11.5 Å². The van der Waals surface area contributed by atoms with Gasteiger partial charge < -0.3 is 19.5 Å². The standard InChI is InChI=1S/C22H19F2NO5/c1-14(21(27)25-18-8-4-5-9-19(18)30-22(23)24)29-20(26)13-28-17-11-10-15-6-2-3-7-16(15)12-17/h2-12,14,22H,13H2,1H3,(H,25,27). The molecule has 6 nitrogen and oxygen atoms in total. The molecule has 30 heavy (non-hydrogen) atoms. The van der Waals surface area contributed by atoms with Gasteiger partial charge in [-0.15, -0.1) is 0 Å². The number of ether oxygens (including phenoxy) is 3. The van der Waals surface area contributed by atoms with E-state index in [2.05, 4.69) is 10.1 Å². The van der Waals surface area contributed by atoms with Gasteiger partial charge >= 0.3 is 12.6 Å². The van der Waals surface area contributed by atoms with Gasteiger partial charge in [0.15, 0.2) is 12.7 Å². The van der Waals surface area contributed by atoms with Crippen molar-refractivity contribution in [2.75, 3.05) is 11.9 Å². The predicted octanol–water partition coefficient (Wildman–Crippen LogP) is 4.39. The number of esters is 1. The molecule has 156 valence electrons. The number of rotatable bonds is 8. The van der Waals surface area contributed by atoms with Crippen LogP contribution >= 0.6 is 0 Å². The summed E-state index contributed by atoms with van der Waals surface area (Å²) in [6.07, 6.45) is -1.17. The number of alkyl halides is 2. The number of nitrogens with one attached hydrogen (secondary N) is 1. The zero-order chi connectivity index (χ0) is 21.5. The molecule has 0 aromatic heterocycles. The van der Waals surface area contributed by atoms with E-state index in [4.69, 9.17) is 9.47 Å². The van der Waals surface area contributed by atoms with Crippen molar-refractivity contribution < 1.29 is 32.6 Å². The molecular formula is C22H19F2NO5. The van der Waals surface area contributed by atoms with Gasteiger partial charge in [-0.1, -0.05) is 42.5 Å². The molecule has 0 aliphatic rings. The maximum atomic E-state index is 12.5. The van der Waals surface area contributed by atoms with Gasteiger partial charge in [-0.05, 0) is 42.0 Å². The number of halogens is 2. The van der Waals surface area contributed by atoms with Crippen molar-refractivity contribution in [2.45, 2.75) is 19.6 Å². The van der Waals surface area contributed by atoms with Crippen LogP contribution in [0.1, 0.15) is 6.92 Å². The Balaban J connectivity index is 1.53. The van der Waals surface area contributed by atoms with Crippen molar-refractivity contribution in [1.82, 2.24) is 0 Å². The minimum Gasteiger partial charge on any atom is -0.482 e. The molecule has 3 rings (SSSR count). The first kappa shape index (κ1) is 21.0. The number of carbonyl (C=O) groups is 2. The molecule has 0 aliphatic carbocycles. The summed E-state index contributed by atoms with van der Waals surface area (Å²) in [6, 6.07) is 18.8. The van der Waals surface area contributed by atoms with Crippen molar-refractivity contribution in [3.8, 4) is 11.5 Å². The Kier molecular flexibility index (Phi) is 6.79. The molecular weight excluding hydrogens is 396 g/mol. The van der Waals surface area contributed by atoms with Gasteiger partial charge in [0.2, 0.25) is 0 Å². The zero-order valence-corrected chi connectivity index (χ0v) is 16.0. The van der Waals surface area contributed by atoms with E-state index >= 15 is 0 Å². The van der Waals surface area contributed by atoms with E-state index in [-0.39, 0.29) is 18.0 Å². The van der Waals surface area contributed by atoms with Crippen LogP contribution in [-0.2, 0) is 14.3 Å². The number of amides is 1. The molecule has 0 saturated heterocycles. The third kappa shape index (κ3) is 5.66. The Hall–Kier alpha value is -3.68. The molecule has 0 saturated carbocycles.